The second-order valence-corrected chi connectivity index (χ2v) is 5.48. The molecule has 8 heteroatoms. The summed E-state index contributed by atoms with van der Waals surface area (Å²) in [5, 5.41) is 9.25. The summed E-state index contributed by atoms with van der Waals surface area (Å²) in [5.74, 6) is -3.16. The van der Waals surface area contributed by atoms with Crippen molar-refractivity contribution in [1.82, 2.24) is 0 Å². The van der Waals surface area contributed by atoms with E-state index < -0.39 is 29.3 Å². The zero-order valence-corrected chi connectivity index (χ0v) is 13.4. The Bertz CT molecular complexity index is 832. The fourth-order valence-corrected chi connectivity index (χ4v) is 2.46. The molecule has 1 unspecified atom stereocenters. The molecule has 2 rings (SSSR count). The Balaban J connectivity index is 2.20. The average molecular weight is 367 g/mol. The van der Waals surface area contributed by atoms with E-state index in [1.165, 1.54) is 18.2 Å². The molecule has 0 spiro atoms. The highest BCUT2D eigenvalue weighted by Gasteiger charge is 2.35. The third-order valence-electron chi connectivity index (χ3n) is 3.62. The molecule has 136 valence electrons. The molecular weight excluding hydrogens is 353 g/mol. The zero-order valence-electron chi connectivity index (χ0n) is 13.4. The first-order valence-electron chi connectivity index (χ1n) is 7.53. The molecule has 0 amide bonds. The molecule has 0 aliphatic heterocycles. The maximum Gasteiger partial charge on any atom is 0.416 e. The van der Waals surface area contributed by atoms with Crippen LogP contribution in [0.3, 0.4) is 0 Å². The topological polar surface area (TPSA) is 62.2 Å². The van der Waals surface area contributed by atoms with E-state index in [9.17, 15) is 27.2 Å². The van der Waals surface area contributed by atoms with Crippen molar-refractivity contribution in [2.24, 2.45) is 10.7 Å². The SMILES string of the molecule is N#CC(C(N)=NCCc1cc(F)cc(F)c1)c1ccccc1C(F)(F)F. The number of rotatable bonds is 5. The number of benzene rings is 2. The highest BCUT2D eigenvalue weighted by atomic mass is 19.4. The van der Waals surface area contributed by atoms with Crippen molar-refractivity contribution in [3.05, 3.63) is 70.8 Å². The number of halogens is 5. The minimum Gasteiger partial charge on any atom is -0.386 e. The lowest BCUT2D eigenvalue weighted by Gasteiger charge is -2.16. The van der Waals surface area contributed by atoms with Crippen molar-refractivity contribution in [1.29, 1.82) is 5.26 Å². The fraction of sp³-hybridized carbons (Fsp3) is 0.222. The van der Waals surface area contributed by atoms with Crippen LogP contribution >= 0.6 is 0 Å². The Labute approximate surface area is 146 Å². The van der Waals surface area contributed by atoms with Gasteiger partial charge in [0.05, 0.1) is 11.6 Å². The molecular formula is C18H14F5N3. The van der Waals surface area contributed by atoms with Gasteiger partial charge in [-0.05, 0) is 35.7 Å². The van der Waals surface area contributed by atoms with E-state index in [-0.39, 0.29) is 24.4 Å². The van der Waals surface area contributed by atoms with Crippen molar-refractivity contribution in [2.75, 3.05) is 6.54 Å². The van der Waals surface area contributed by atoms with E-state index in [0.717, 1.165) is 24.3 Å². The first-order valence-corrected chi connectivity index (χ1v) is 7.53. The van der Waals surface area contributed by atoms with Crippen LogP contribution in [-0.4, -0.2) is 12.4 Å². The van der Waals surface area contributed by atoms with Gasteiger partial charge >= 0.3 is 6.18 Å². The molecule has 0 fully saturated rings. The minimum absolute atomic E-state index is 0.0267. The van der Waals surface area contributed by atoms with E-state index >= 15 is 0 Å². The Hall–Kier alpha value is -2.95. The van der Waals surface area contributed by atoms with E-state index in [1.807, 2.05) is 0 Å². The smallest absolute Gasteiger partial charge is 0.386 e. The quantitative estimate of drug-likeness (QED) is 0.489. The van der Waals surface area contributed by atoms with E-state index in [0.29, 0.717) is 5.56 Å². The summed E-state index contributed by atoms with van der Waals surface area (Å²) in [4.78, 5) is 3.91. The van der Waals surface area contributed by atoms with Crippen molar-refractivity contribution < 1.29 is 22.0 Å². The van der Waals surface area contributed by atoms with Crippen LogP contribution in [0, 0.1) is 23.0 Å². The Morgan fingerprint density at radius 1 is 1.12 bits per heavy atom. The van der Waals surface area contributed by atoms with Gasteiger partial charge in [0.15, 0.2) is 0 Å². The van der Waals surface area contributed by atoms with Crippen LogP contribution < -0.4 is 5.73 Å². The molecule has 2 aromatic rings. The highest BCUT2D eigenvalue weighted by molar-refractivity contribution is 5.90. The second kappa shape index (κ2) is 7.95. The Kier molecular flexibility index (Phi) is 5.93. The van der Waals surface area contributed by atoms with Crippen LogP contribution in [0.4, 0.5) is 22.0 Å². The summed E-state index contributed by atoms with van der Waals surface area (Å²) in [7, 11) is 0. The fourth-order valence-electron chi connectivity index (χ4n) is 2.46. The molecule has 0 saturated carbocycles. The predicted molar refractivity (Wildman–Crippen MR) is 86.3 cm³/mol. The van der Waals surface area contributed by atoms with Crippen molar-refractivity contribution in [3.63, 3.8) is 0 Å². The maximum atomic E-state index is 13.1. The van der Waals surface area contributed by atoms with Gasteiger partial charge < -0.3 is 5.73 Å². The van der Waals surface area contributed by atoms with Crippen molar-refractivity contribution in [3.8, 4) is 6.07 Å². The third-order valence-corrected chi connectivity index (χ3v) is 3.62. The third kappa shape index (κ3) is 4.79. The molecule has 26 heavy (non-hydrogen) atoms. The van der Waals surface area contributed by atoms with Gasteiger partial charge in [0.25, 0.3) is 0 Å². The number of nitrogens with two attached hydrogens (primary N) is 1. The second-order valence-electron chi connectivity index (χ2n) is 5.48. The first kappa shape index (κ1) is 19.4. The van der Waals surface area contributed by atoms with E-state index in [2.05, 4.69) is 4.99 Å². The summed E-state index contributed by atoms with van der Waals surface area (Å²) < 4.78 is 65.5. The first-order chi connectivity index (χ1) is 12.2. The van der Waals surface area contributed by atoms with Crippen LogP contribution in [-0.2, 0) is 12.6 Å². The summed E-state index contributed by atoms with van der Waals surface area (Å²) in [6.07, 6.45) is -4.51. The number of alkyl halides is 3. The maximum absolute atomic E-state index is 13.1. The van der Waals surface area contributed by atoms with Gasteiger partial charge in [-0.25, -0.2) is 8.78 Å². The molecule has 0 heterocycles. The normalized spacial score (nSPS) is 13.3. The monoisotopic (exact) mass is 367 g/mol. The molecule has 0 aromatic heterocycles. The summed E-state index contributed by atoms with van der Waals surface area (Å²) in [5.41, 5.74) is 4.78. The number of nitrogens with zero attached hydrogens (tertiary/aromatic N) is 2. The Morgan fingerprint density at radius 2 is 1.73 bits per heavy atom. The van der Waals surface area contributed by atoms with Gasteiger partial charge in [-0.2, -0.15) is 18.4 Å². The van der Waals surface area contributed by atoms with E-state index in [1.54, 1.807) is 6.07 Å². The van der Waals surface area contributed by atoms with Gasteiger partial charge in [0, 0.05) is 12.6 Å². The average Bonchev–Trinajstić information content (AvgIpc) is 2.54. The molecule has 3 nitrogen and oxygen atoms in total. The van der Waals surface area contributed by atoms with E-state index in [4.69, 9.17) is 5.73 Å². The summed E-state index contributed by atoms with van der Waals surface area (Å²) in [6.45, 7) is -0.0267. The van der Waals surface area contributed by atoms with Crippen LogP contribution in [0.15, 0.2) is 47.5 Å². The zero-order chi connectivity index (χ0) is 19.3. The van der Waals surface area contributed by atoms with Crippen molar-refractivity contribution in [2.45, 2.75) is 18.5 Å². The highest BCUT2D eigenvalue weighted by Crippen LogP contribution is 2.35. The van der Waals surface area contributed by atoms with Gasteiger partial charge in [-0.15, -0.1) is 0 Å². The van der Waals surface area contributed by atoms with Gasteiger partial charge in [0.1, 0.15) is 23.4 Å². The summed E-state index contributed by atoms with van der Waals surface area (Å²) >= 11 is 0. The molecule has 0 aliphatic carbocycles. The number of nitriles is 1. The lowest BCUT2D eigenvalue weighted by atomic mass is 9.94. The lowest BCUT2D eigenvalue weighted by Crippen LogP contribution is -2.24. The lowest BCUT2D eigenvalue weighted by molar-refractivity contribution is -0.138. The van der Waals surface area contributed by atoms with Gasteiger partial charge in [-0.3, -0.25) is 4.99 Å². The van der Waals surface area contributed by atoms with Crippen LogP contribution in [0.1, 0.15) is 22.6 Å². The largest absolute Gasteiger partial charge is 0.416 e. The van der Waals surface area contributed by atoms with Gasteiger partial charge in [-0.1, -0.05) is 18.2 Å². The number of amidine groups is 1. The number of aliphatic imine (C=N–C) groups is 1. The molecule has 1 atom stereocenters. The predicted octanol–water partition coefficient (Wildman–Crippen LogP) is 4.19. The minimum atomic E-state index is -4.63. The number of hydrogen-bond acceptors (Lipinski definition) is 2. The standard InChI is InChI=1S/C18H14F5N3/c19-12-7-11(8-13(20)9-12)5-6-26-17(25)15(10-24)14-3-1-2-4-16(14)18(21,22)23/h1-4,7-9,15H,5-6H2,(H2,25,26). The Morgan fingerprint density at radius 3 is 2.31 bits per heavy atom. The molecule has 0 saturated heterocycles. The summed E-state index contributed by atoms with van der Waals surface area (Å²) in [6, 6.07) is 9.30. The molecule has 0 bridgehead atoms. The van der Waals surface area contributed by atoms with Crippen LogP contribution in [0.25, 0.3) is 0 Å². The van der Waals surface area contributed by atoms with Gasteiger partial charge in [0.2, 0.25) is 0 Å². The van der Waals surface area contributed by atoms with Crippen LogP contribution in [0.5, 0.6) is 0 Å². The van der Waals surface area contributed by atoms with Crippen molar-refractivity contribution >= 4 is 5.84 Å². The molecule has 0 aliphatic rings. The molecule has 2 N–H and O–H groups in total. The molecule has 2 aromatic carbocycles. The van der Waals surface area contributed by atoms with Crippen LogP contribution in [0.2, 0.25) is 0 Å². The molecule has 0 radical (unpaired) electrons. The number of hydrogen-bond donors (Lipinski definition) is 1.